The number of carbonyl (C=O) groups is 3. The predicted octanol–water partition coefficient (Wildman–Crippen LogP) is 2.43. The number of ether oxygens (including phenoxy) is 1. The fourth-order valence-corrected chi connectivity index (χ4v) is 3.09. The molecule has 1 unspecified atom stereocenters. The molecule has 0 fully saturated rings. The Hall–Kier alpha value is -3.69. The maximum absolute atomic E-state index is 12.5. The highest BCUT2D eigenvalue weighted by molar-refractivity contribution is 6.03. The van der Waals surface area contributed by atoms with Gasteiger partial charge in [-0.3, -0.25) is 19.7 Å². The summed E-state index contributed by atoms with van der Waals surface area (Å²) in [5, 5.41) is 16.2. The highest BCUT2D eigenvalue weighted by atomic mass is 16.6. The van der Waals surface area contributed by atoms with Gasteiger partial charge in [0.2, 0.25) is 5.91 Å². The van der Waals surface area contributed by atoms with Crippen molar-refractivity contribution >= 4 is 29.2 Å². The van der Waals surface area contributed by atoms with Crippen LogP contribution < -0.4 is 10.6 Å². The van der Waals surface area contributed by atoms with Crippen LogP contribution in [0.4, 0.5) is 11.4 Å². The van der Waals surface area contributed by atoms with Crippen molar-refractivity contribution in [1.29, 1.82) is 0 Å². The van der Waals surface area contributed by atoms with Crippen LogP contribution in [0.3, 0.4) is 0 Å². The van der Waals surface area contributed by atoms with E-state index in [1.165, 1.54) is 31.0 Å². The third-order valence-corrected chi connectivity index (χ3v) is 4.51. The van der Waals surface area contributed by atoms with Crippen molar-refractivity contribution in [3.63, 3.8) is 0 Å². The smallest absolute Gasteiger partial charge is 0.328 e. The van der Waals surface area contributed by atoms with Crippen LogP contribution in [0.5, 0.6) is 0 Å². The summed E-state index contributed by atoms with van der Waals surface area (Å²) in [6.07, 6.45) is 1.72. The maximum atomic E-state index is 12.5. The van der Waals surface area contributed by atoms with Gasteiger partial charge in [0.05, 0.1) is 24.7 Å². The van der Waals surface area contributed by atoms with E-state index in [9.17, 15) is 24.5 Å². The van der Waals surface area contributed by atoms with Gasteiger partial charge in [-0.1, -0.05) is 26.0 Å². The first-order valence-corrected chi connectivity index (χ1v) is 9.69. The summed E-state index contributed by atoms with van der Waals surface area (Å²) in [7, 11) is 2.81. The molecule has 0 bridgehead atoms. The standard InChI is InChI=1S/C21H26N4O6/c1-13(2)8-17(21(28)31-4)23-19(26)10-14-6-5-7-15(9-14)22-20(27)18-11-16(25(29)30)12-24(18)3/h5-7,9,11-13,17H,8,10H2,1-4H3,(H,22,27)(H,23,26). The number of anilines is 1. The second-order valence-electron chi connectivity index (χ2n) is 7.56. The number of benzene rings is 1. The van der Waals surface area contributed by atoms with Crippen LogP contribution in [0.1, 0.15) is 36.3 Å². The minimum absolute atomic E-state index is 0.00489. The van der Waals surface area contributed by atoms with E-state index in [2.05, 4.69) is 10.6 Å². The molecule has 1 aromatic carbocycles. The second kappa shape index (κ2) is 10.4. The lowest BCUT2D eigenvalue weighted by Gasteiger charge is -2.18. The number of aromatic nitrogens is 1. The number of amides is 2. The Morgan fingerprint density at radius 3 is 2.52 bits per heavy atom. The number of nitrogens with zero attached hydrogens (tertiary/aromatic N) is 2. The monoisotopic (exact) mass is 430 g/mol. The molecule has 1 atom stereocenters. The van der Waals surface area contributed by atoms with Gasteiger partial charge in [0.25, 0.3) is 11.6 Å². The van der Waals surface area contributed by atoms with Crippen molar-refractivity contribution in [2.45, 2.75) is 32.7 Å². The summed E-state index contributed by atoms with van der Waals surface area (Å²) in [5.41, 5.74) is 1.01. The molecule has 2 aromatic rings. The number of rotatable bonds is 9. The van der Waals surface area contributed by atoms with Gasteiger partial charge < -0.3 is 19.9 Å². The predicted molar refractivity (Wildman–Crippen MR) is 114 cm³/mol. The molecule has 31 heavy (non-hydrogen) atoms. The fraction of sp³-hybridized carbons (Fsp3) is 0.381. The summed E-state index contributed by atoms with van der Waals surface area (Å²) in [4.78, 5) is 47.1. The Labute approximate surface area is 179 Å². The Morgan fingerprint density at radius 1 is 1.23 bits per heavy atom. The molecule has 0 aliphatic carbocycles. The third kappa shape index (κ3) is 6.66. The Bertz CT molecular complexity index is 982. The largest absolute Gasteiger partial charge is 0.467 e. The SMILES string of the molecule is COC(=O)C(CC(C)C)NC(=O)Cc1cccc(NC(=O)c2cc([N+](=O)[O-])cn2C)c1. The van der Waals surface area contributed by atoms with E-state index in [-0.39, 0.29) is 29.6 Å². The molecular formula is C21H26N4O6. The van der Waals surface area contributed by atoms with Crippen LogP contribution in [-0.2, 0) is 27.8 Å². The van der Waals surface area contributed by atoms with Crippen LogP contribution in [0.25, 0.3) is 0 Å². The highest BCUT2D eigenvalue weighted by Gasteiger charge is 2.23. The first kappa shape index (κ1) is 23.6. The van der Waals surface area contributed by atoms with Gasteiger partial charge in [0.15, 0.2) is 0 Å². The first-order chi connectivity index (χ1) is 14.6. The van der Waals surface area contributed by atoms with Crippen LogP contribution in [0.15, 0.2) is 36.5 Å². The molecule has 2 amide bonds. The molecule has 1 heterocycles. The van der Waals surface area contributed by atoms with E-state index < -0.39 is 22.8 Å². The number of aryl methyl sites for hydroxylation is 1. The van der Waals surface area contributed by atoms with Crippen LogP contribution in [0, 0.1) is 16.0 Å². The Kier molecular flexibility index (Phi) is 7.89. The van der Waals surface area contributed by atoms with Crippen LogP contribution >= 0.6 is 0 Å². The zero-order chi connectivity index (χ0) is 23.1. The molecule has 0 saturated carbocycles. The summed E-state index contributed by atoms with van der Waals surface area (Å²) in [6.45, 7) is 3.88. The first-order valence-electron chi connectivity index (χ1n) is 9.69. The molecule has 10 nitrogen and oxygen atoms in total. The molecule has 0 radical (unpaired) electrons. The number of nitro groups is 1. The van der Waals surface area contributed by atoms with Crippen LogP contribution in [0.2, 0.25) is 0 Å². The molecule has 166 valence electrons. The van der Waals surface area contributed by atoms with E-state index in [1.807, 2.05) is 13.8 Å². The Balaban J connectivity index is 2.06. The van der Waals surface area contributed by atoms with E-state index in [1.54, 1.807) is 24.3 Å². The lowest BCUT2D eigenvalue weighted by Crippen LogP contribution is -2.43. The third-order valence-electron chi connectivity index (χ3n) is 4.51. The zero-order valence-electron chi connectivity index (χ0n) is 17.9. The Morgan fingerprint density at radius 2 is 1.94 bits per heavy atom. The van der Waals surface area contributed by atoms with Gasteiger partial charge in [-0.25, -0.2) is 4.79 Å². The molecule has 0 aliphatic heterocycles. The van der Waals surface area contributed by atoms with Crippen molar-refractivity contribution in [2.24, 2.45) is 13.0 Å². The molecule has 0 aliphatic rings. The van der Waals surface area contributed by atoms with E-state index in [0.29, 0.717) is 17.7 Å². The van der Waals surface area contributed by atoms with Crippen LogP contribution in [-0.4, -0.2) is 40.4 Å². The van der Waals surface area contributed by atoms with Crippen molar-refractivity contribution in [3.05, 3.63) is 57.9 Å². The number of esters is 1. The number of methoxy groups -OCH3 is 1. The van der Waals surface area contributed by atoms with E-state index in [0.717, 1.165) is 0 Å². The fourth-order valence-electron chi connectivity index (χ4n) is 3.09. The number of hydrogen-bond donors (Lipinski definition) is 2. The minimum atomic E-state index is -0.728. The summed E-state index contributed by atoms with van der Waals surface area (Å²) >= 11 is 0. The minimum Gasteiger partial charge on any atom is -0.467 e. The quantitative estimate of drug-likeness (QED) is 0.357. The van der Waals surface area contributed by atoms with Crippen molar-refractivity contribution < 1.29 is 24.0 Å². The van der Waals surface area contributed by atoms with Gasteiger partial charge in [-0.05, 0) is 30.0 Å². The van der Waals surface area contributed by atoms with Crippen molar-refractivity contribution in [3.8, 4) is 0 Å². The molecular weight excluding hydrogens is 404 g/mol. The normalized spacial score (nSPS) is 11.6. The number of hydrogen-bond acceptors (Lipinski definition) is 6. The number of nitrogens with one attached hydrogen (secondary N) is 2. The average Bonchev–Trinajstić information content (AvgIpc) is 3.09. The zero-order valence-corrected chi connectivity index (χ0v) is 17.9. The molecule has 0 spiro atoms. The van der Waals surface area contributed by atoms with Crippen molar-refractivity contribution in [2.75, 3.05) is 12.4 Å². The number of carbonyl (C=O) groups excluding carboxylic acids is 3. The highest BCUT2D eigenvalue weighted by Crippen LogP contribution is 2.18. The lowest BCUT2D eigenvalue weighted by atomic mass is 10.0. The average molecular weight is 430 g/mol. The van der Waals surface area contributed by atoms with E-state index >= 15 is 0 Å². The summed E-state index contributed by atoms with van der Waals surface area (Å²) in [6, 6.07) is 7.13. The second-order valence-corrected chi connectivity index (χ2v) is 7.56. The van der Waals surface area contributed by atoms with Gasteiger partial charge in [-0.15, -0.1) is 0 Å². The van der Waals surface area contributed by atoms with Gasteiger partial charge in [0, 0.05) is 18.8 Å². The summed E-state index contributed by atoms with van der Waals surface area (Å²) in [5.74, 6) is -1.17. The lowest BCUT2D eigenvalue weighted by molar-refractivity contribution is -0.384. The molecule has 10 heteroatoms. The van der Waals surface area contributed by atoms with Crippen molar-refractivity contribution in [1.82, 2.24) is 9.88 Å². The molecule has 1 aromatic heterocycles. The van der Waals surface area contributed by atoms with E-state index in [4.69, 9.17) is 4.74 Å². The molecule has 2 N–H and O–H groups in total. The molecule has 2 rings (SSSR count). The van der Waals surface area contributed by atoms with Gasteiger partial charge >= 0.3 is 5.97 Å². The molecule has 0 saturated heterocycles. The topological polar surface area (TPSA) is 133 Å². The maximum Gasteiger partial charge on any atom is 0.328 e. The van der Waals surface area contributed by atoms with Gasteiger partial charge in [0.1, 0.15) is 11.7 Å². The van der Waals surface area contributed by atoms with Gasteiger partial charge in [-0.2, -0.15) is 0 Å². The summed E-state index contributed by atoms with van der Waals surface area (Å²) < 4.78 is 6.12.